The van der Waals surface area contributed by atoms with E-state index < -0.39 is 0 Å². The second kappa shape index (κ2) is 8.48. The summed E-state index contributed by atoms with van der Waals surface area (Å²) in [5.74, 6) is 2.49. The molecule has 0 aliphatic rings. The van der Waals surface area contributed by atoms with Crippen LogP contribution in [0.2, 0.25) is 0 Å². The van der Waals surface area contributed by atoms with E-state index in [-0.39, 0.29) is 0 Å². The molecule has 0 aliphatic heterocycles. The molecule has 0 atom stereocenters. The summed E-state index contributed by atoms with van der Waals surface area (Å²) < 4.78 is 5.79. The van der Waals surface area contributed by atoms with Crippen molar-refractivity contribution < 1.29 is 9.57 Å². The molecule has 7 nitrogen and oxygen atoms in total. The number of nitrogens with two attached hydrogens (primary N) is 1. The van der Waals surface area contributed by atoms with Crippen LogP contribution in [0.15, 0.2) is 66.1 Å². The number of ether oxygens (including phenoxy) is 1. The number of oxime groups is 1. The van der Waals surface area contributed by atoms with Crippen LogP contribution >= 0.6 is 0 Å². The predicted octanol–water partition coefficient (Wildman–Crippen LogP) is 3.44. The Morgan fingerprint density at radius 1 is 1.04 bits per heavy atom. The number of hydrogen-bond donors (Lipinski definition) is 2. The zero-order chi connectivity index (χ0) is 18.2. The van der Waals surface area contributed by atoms with Gasteiger partial charge in [-0.1, -0.05) is 35.5 Å². The first-order valence-electron chi connectivity index (χ1n) is 7.99. The molecule has 2 aromatic carbocycles. The first kappa shape index (κ1) is 17.2. The fraction of sp³-hybridized carbons (Fsp3) is 0.105. The van der Waals surface area contributed by atoms with Crippen molar-refractivity contribution in [1.29, 1.82) is 0 Å². The Hall–Kier alpha value is -3.61. The number of para-hydroxylation sites is 1. The van der Waals surface area contributed by atoms with Crippen LogP contribution in [-0.4, -0.2) is 23.3 Å². The van der Waals surface area contributed by atoms with E-state index in [0.29, 0.717) is 23.7 Å². The molecule has 0 aliphatic carbocycles. The van der Waals surface area contributed by atoms with Crippen molar-refractivity contribution in [1.82, 2.24) is 9.97 Å². The van der Waals surface area contributed by atoms with Gasteiger partial charge in [0.1, 0.15) is 36.6 Å². The molecule has 1 heterocycles. The van der Waals surface area contributed by atoms with Crippen molar-refractivity contribution in [3.8, 4) is 11.5 Å². The lowest BCUT2D eigenvalue weighted by Gasteiger charge is -2.10. The highest BCUT2D eigenvalue weighted by atomic mass is 16.6. The molecule has 0 amide bonds. The van der Waals surface area contributed by atoms with Crippen LogP contribution in [0.4, 0.5) is 11.6 Å². The summed E-state index contributed by atoms with van der Waals surface area (Å²) in [5.41, 5.74) is 7.52. The molecular formula is C19H19N5O2. The SMILES string of the molecule is CO/N=C/c1c(N)ncnc1NCc1ccc(Oc2ccccc2)cc1. The topological polar surface area (TPSA) is 94.7 Å². The highest BCUT2D eigenvalue weighted by Gasteiger charge is 2.07. The van der Waals surface area contributed by atoms with Gasteiger partial charge in [0.15, 0.2) is 0 Å². The van der Waals surface area contributed by atoms with Gasteiger partial charge in [0.2, 0.25) is 0 Å². The number of anilines is 2. The second-order valence-corrected chi connectivity index (χ2v) is 5.35. The van der Waals surface area contributed by atoms with Crippen molar-refractivity contribution in [3.05, 3.63) is 72.1 Å². The van der Waals surface area contributed by atoms with Gasteiger partial charge in [0.25, 0.3) is 0 Å². The lowest BCUT2D eigenvalue weighted by Crippen LogP contribution is -2.08. The molecule has 0 unspecified atom stereocenters. The number of aromatic nitrogens is 2. The Balaban J connectivity index is 1.65. The van der Waals surface area contributed by atoms with Crippen LogP contribution in [0, 0.1) is 0 Å². The Bertz CT molecular complexity index is 867. The third-order valence-corrected chi connectivity index (χ3v) is 3.56. The van der Waals surface area contributed by atoms with Gasteiger partial charge in [0.05, 0.1) is 11.8 Å². The summed E-state index contributed by atoms with van der Waals surface area (Å²) >= 11 is 0. The van der Waals surface area contributed by atoms with E-state index >= 15 is 0 Å². The average Bonchev–Trinajstić information content (AvgIpc) is 2.67. The fourth-order valence-corrected chi connectivity index (χ4v) is 2.27. The van der Waals surface area contributed by atoms with Crippen LogP contribution in [0.5, 0.6) is 11.5 Å². The Labute approximate surface area is 151 Å². The molecule has 0 radical (unpaired) electrons. The van der Waals surface area contributed by atoms with Crippen LogP contribution < -0.4 is 15.8 Å². The summed E-state index contributed by atoms with van der Waals surface area (Å²) in [6.07, 6.45) is 2.88. The van der Waals surface area contributed by atoms with Gasteiger partial charge in [-0.2, -0.15) is 0 Å². The summed E-state index contributed by atoms with van der Waals surface area (Å²) in [4.78, 5) is 12.9. The van der Waals surface area contributed by atoms with Crippen molar-refractivity contribution in [3.63, 3.8) is 0 Å². The van der Waals surface area contributed by atoms with Gasteiger partial charge in [-0.3, -0.25) is 0 Å². The molecule has 3 rings (SSSR count). The standard InChI is InChI=1S/C19H19N5O2/c1-25-24-12-17-18(20)22-13-23-19(17)21-11-14-7-9-16(10-8-14)26-15-5-3-2-4-6-15/h2-10,12-13H,11H2,1H3,(H3,20,21,22,23)/b24-12+. The molecule has 132 valence electrons. The van der Waals surface area contributed by atoms with E-state index in [4.69, 9.17) is 15.3 Å². The largest absolute Gasteiger partial charge is 0.457 e. The van der Waals surface area contributed by atoms with E-state index in [1.54, 1.807) is 0 Å². The monoisotopic (exact) mass is 349 g/mol. The first-order chi connectivity index (χ1) is 12.8. The summed E-state index contributed by atoms with van der Waals surface area (Å²) in [7, 11) is 1.46. The Morgan fingerprint density at radius 3 is 2.50 bits per heavy atom. The highest BCUT2D eigenvalue weighted by Crippen LogP contribution is 2.22. The molecule has 0 bridgehead atoms. The summed E-state index contributed by atoms with van der Waals surface area (Å²) in [6.45, 7) is 0.565. The molecule has 0 saturated heterocycles. The Morgan fingerprint density at radius 2 is 1.77 bits per heavy atom. The van der Waals surface area contributed by atoms with E-state index in [1.165, 1.54) is 19.7 Å². The molecule has 7 heteroatoms. The maximum Gasteiger partial charge on any atom is 0.140 e. The van der Waals surface area contributed by atoms with Crippen LogP contribution in [-0.2, 0) is 11.4 Å². The zero-order valence-electron chi connectivity index (χ0n) is 14.3. The minimum Gasteiger partial charge on any atom is -0.457 e. The molecule has 3 aromatic rings. The molecule has 1 aromatic heterocycles. The highest BCUT2D eigenvalue weighted by molar-refractivity contribution is 5.91. The fourth-order valence-electron chi connectivity index (χ4n) is 2.27. The average molecular weight is 349 g/mol. The number of rotatable bonds is 7. The van der Waals surface area contributed by atoms with Gasteiger partial charge in [-0.05, 0) is 29.8 Å². The molecule has 26 heavy (non-hydrogen) atoms. The van der Waals surface area contributed by atoms with Gasteiger partial charge >= 0.3 is 0 Å². The van der Waals surface area contributed by atoms with E-state index in [2.05, 4.69) is 20.4 Å². The Kier molecular flexibility index (Phi) is 5.61. The first-order valence-corrected chi connectivity index (χ1v) is 7.99. The normalized spacial score (nSPS) is 10.7. The smallest absolute Gasteiger partial charge is 0.140 e. The number of nitrogens with zero attached hydrogens (tertiary/aromatic N) is 3. The van der Waals surface area contributed by atoms with E-state index in [0.717, 1.165) is 17.1 Å². The minimum absolute atomic E-state index is 0.329. The summed E-state index contributed by atoms with van der Waals surface area (Å²) in [6, 6.07) is 17.5. The van der Waals surface area contributed by atoms with Gasteiger partial charge in [0, 0.05) is 6.54 Å². The van der Waals surface area contributed by atoms with E-state index in [1.807, 2.05) is 54.6 Å². The molecular weight excluding hydrogens is 330 g/mol. The van der Waals surface area contributed by atoms with E-state index in [9.17, 15) is 0 Å². The minimum atomic E-state index is 0.329. The number of benzene rings is 2. The number of hydrogen-bond acceptors (Lipinski definition) is 7. The van der Waals surface area contributed by atoms with Gasteiger partial charge < -0.3 is 20.6 Å². The van der Waals surface area contributed by atoms with Crippen molar-refractivity contribution in [2.75, 3.05) is 18.2 Å². The van der Waals surface area contributed by atoms with Crippen LogP contribution in [0.1, 0.15) is 11.1 Å². The lowest BCUT2D eigenvalue weighted by molar-refractivity contribution is 0.215. The quantitative estimate of drug-likeness (QED) is 0.501. The number of nitrogens with one attached hydrogen (secondary N) is 1. The summed E-state index contributed by atoms with van der Waals surface area (Å²) in [5, 5.41) is 6.96. The van der Waals surface area contributed by atoms with Gasteiger partial charge in [-0.15, -0.1) is 0 Å². The molecule has 0 saturated carbocycles. The van der Waals surface area contributed by atoms with Crippen LogP contribution in [0.3, 0.4) is 0 Å². The maximum atomic E-state index is 5.87. The molecule has 0 spiro atoms. The predicted molar refractivity (Wildman–Crippen MR) is 101 cm³/mol. The number of nitrogen functional groups attached to an aromatic ring is 1. The maximum absolute atomic E-state index is 5.87. The van der Waals surface area contributed by atoms with Crippen molar-refractivity contribution in [2.45, 2.75) is 6.54 Å². The molecule has 3 N–H and O–H groups in total. The van der Waals surface area contributed by atoms with Gasteiger partial charge in [-0.25, -0.2) is 9.97 Å². The second-order valence-electron chi connectivity index (χ2n) is 5.35. The van der Waals surface area contributed by atoms with Crippen molar-refractivity contribution >= 4 is 17.9 Å². The third-order valence-electron chi connectivity index (χ3n) is 3.56. The molecule has 0 fully saturated rings. The zero-order valence-corrected chi connectivity index (χ0v) is 14.3. The lowest BCUT2D eigenvalue weighted by atomic mass is 10.2. The van der Waals surface area contributed by atoms with Crippen LogP contribution in [0.25, 0.3) is 0 Å². The third kappa shape index (κ3) is 4.47. The van der Waals surface area contributed by atoms with Crippen molar-refractivity contribution in [2.24, 2.45) is 5.16 Å².